The summed E-state index contributed by atoms with van der Waals surface area (Å²) in [5.41, 5.74) is 1.39. The highest BCUT2D eigenvalue weighted by molar-refractivity contribution is 5.70. The van der Waals surface area contributed by atoms with Gasteiger partial charge in [-0.2, -0.15) is 0 Å². The van der Waals surface area contributed by atoms with Crippen LogP contribution in [0.3, 0.4) is 0 Å². The van der Waals surface area contributed by atoms with Crippen LogP contribution in [0.25, 0.3) is 0 Å². The molecule has 1 aromatic heterocycles. The highest BCUT2D eigenvalue weighted by Crippen LogP contribution is 2.18. The van der Waals surface area contributed by atoms with Crippen LogP contribution in [0.15, 0.2) is 18.3 Å². The molecule has 0 saturated carbocycles. The molecule has 14 heavy (non-hydrogen) atoms. The van der Waals surface area contributed by atoms with E-state index in [1.54, 1.807) is 25.3 Å². The molecule has 1 rings (SSSR count). The number of ether oxygens (including phenoxy) is 1. The monoisotopic (exact) mass is 195 g/mol. The Bertz CT molecular complexity index is 325. The smallest absolute Gasteiger partial charge is 0.308 e. The number of pyridine rings is 1. The van der Waals surface area contributed by atoms with Crippen molar-refractivity contribution in [3.05, 3.63) is 29.6 Å². The fourth-order valence-electron chi connectivity index (χ4n) is 1.20. The van der Waals surface area contributed by atoms with Crippen molar-refractivity contribution >= 4 is 5.97 Å². The van der Waals surface area contributed by atoms with E-state index in [9.17, 15) is 9.90 Å². The number of nitrogens with zero attached hydrogens (tertiary/aromatic N) is 1. The van der Waals surface area contributed by atoms with Crippen LogP contribution in [0.5, 0.6) is 0 Å². The fraction of sp³-hybridized carbons (Fsp3) is 0.400. The number of hydrogen-bond acceptors (Lipinski definition) is 4. The average molecular weight is 195 g/mol. The maximum atomic E-state index is 10.9. The molecule has 1 aromatic rings. The van der Waals surface area contributed by atoms with Gasteiger partial charge in [0.1, 0.15) is 0 Å². The summed E-state index contributed by atoms with van der Waals surface area (Å²) in [6.45, 7) is 1.79. The second kappa shape index (κ2) is 4.72. The Balaban J connectivity index is 2.74. The summed E-state index contributed by atoms with van der Waals surface area (Å²) in [4.78, 5) is 14.9. The first-order valence-electron chi connectivity index (χ1n) is 4.31. The molecule has 0 fully saturated rings. The maximum absolute atomic E-state index is 10.9. The second-order valence-corrected chi connectivity index (χ2v) is 2.97. The van der Waals surface area contributed by atoms with Crippen molar-refractivity contribution in [3.8, 4) is 0 Å². The minimum atomic E-state index is -0.837. The molecule has 0 amide bonds. The van der Waals surface area contributed by atoms with Crippen molar-refractivity contribution in [2.45, 2.75) is 19.4 Å². The molecule has 1 N–H and O–H groups in total. The summed E-state index contributed by atoms with van der Waals surface area (Å²) in [7, 11) is 1.30. The maximum Gasteiger partial charge on any atom is 0.308 e. The van der Waals surface area contributed by atoms with Crippen LogP contribution in [0.4, 0.5) is 0 Å². The summed E-state index contributed by atoms with van der Waals surface area (Å²) < 4.78 is 4.46. The quantitative estimate of drug-likeness (QED) is 0.730. The van der Waals surface area contributed by atoms with Gasteiger partial charge in [0.05, 0.1) is 19.6 Å². The summed E-state index contributed by atoms with van der Waals surface area (Å²) >= 11 is 0. The van der Waals surface area contributed by atoms with Crippen molar-refractivity contribution in [1.82, 2.24) is 4.98 Å². The van der Waals surface area contributed by atoms with Gasteiger partial charge in [-0.1, -0.05) is 6.07 Å². The van der Waals surface area contributed by atoms with Gasteiger partial charge in [-0.25, -0.2) is 0 Å². The fourth-order valence-corrected chi connectivity index (χ4v) is 1.20. The van der Waals surface area contributed by atoms with Crippen LogP contribution < -0.4 is 0 Å². The van der Waals surface area contributed by atoms with E-state index in [4.69, 9.17) is 0 Å². The van der Waals surface area contributed by atoms with Gasteiger partial charge in [-0.05, 0) is 13.0 Å². The lowest BCUT2D eigenvalue weighted by molar-refractivity contribution is -0.142. The number of hydrogen-bond donors (Lipinski definition) is 1. The molecule has 1 unspecified atom stereocenters. The number of aromatic nitrogens is 1. The Labute approximate surface area is 82.5 Å². The first-order valence-corrected chi connectivity index (χ1v) is 4.31. The van der Waals surface area contributed by atoms with E-state index in [0.717, 1.165) is 5.69 Å². The molecular weight excluding hydrogens is 182 g/mol. The molecule has 1 atom stereocenters. The predicted molar refractivity (Wildman–Crippen MR) is 50.6 cm³/mol. The lowest BCUT2D eigenvalue weighted by Gasteiger charge is -2.10. The molecule has 0 aliphatic carbocycles. The number of esters is 1. The zero-order chi connectivity index (χ0) is 10.6. The summed E-state index contributed by atoms with van der Waals surface area (Å²) in [5.74, 6) is -0.430. The molecule has 0 aliphatic heterocycles. The van der Waals surface area contributed by atoms with E-state index < -0.39 is 12.1 Å². The van der Waals surface area contributed by atoms with Crippen LogP contribution >= 0.6 is 0 Å². The Morgan fingerprint density at radius 1 is 1.71 bits per heavy atom. The second-order valence-electron chi connectivity index (χ2n) is 2.97. The predicted octanol–water partition coefficient (Wildman–Crippen LogP) is 0.987. The molecule has 0 bridgehead atoms. The molecule has 0 aliphatic rings. The normalized spacial score (nSPS) is 12.2. The van der Waals surface area contributed by atoms with Gasteiger partial charge in [0.25, 0.3) is 0 Å². The van der Waals surface area contributed by atoms with E-state index in [0.29, 0.717) is 5.56 Å². The number of carbonyl (C=O) groups excluding carboxylic acids is 1. The standard InChI is InChI=1S/C10H13NO3/c1-7-8(4-3-5-11-7)9(12)6-10(13)14-2/h3-5,9,12H,6H2,1-2H3. The number of aryl methyl sites for hydroxylation is 1. The largest absolute Gasteiger partial charge is 0.469 e. The molecule has 0 spiro atoms. The van der Waals surface area contributed by atoms with Crippen molar-refractivity contribution in [2.24, 2.45) is 0 Å². The van der Waals surface area contributed by atoms with Crippen molar-refractivity contribution < 1.29 is 14.6 Å². The number of aliphatic hydroxyl groups excluding tert-OH is 1. The number of carbonyl (C=O) groups is 1. The molecule has 0 aromatic carbocycles. The van der Waals surface area contributed by atoms with Crippen LogP contribution in [0, 0.1) is 6.92 Å². The van der Waals surface area contributed by atoms with Gasteiger partial charge in [-0.15, -0.1) is 0 Å². The highest BCUT2D eigenvalue weighted by Gasteiger charge is 2.15. The third-order valence-corrected chi connectivity index (χ3v) is 1.99. The van der Waals surface area contributed by atoms with E-state index in [-0.39, 0.29) is 6.42 Å². The first-order chi connectivity index (χ1) is 6.65. The third kappa shape index (κ3) is 2.53. The molecular formula is C10H13NO3. The van der Waals surface area contributed by atoms with E-state index >= 15 is 0 Å². The SMILES string of the molecule is COC(=O)CC(O)c1cccnc1C. The van der Waals surface area contributed by atoms with Crippen molar-refractivity contribution in [2.75, 3.05) is 7.11 Å². The Kier molecular flexibility index (Phi) is 3.59. The minimum absolute atomic E-state index is 0.0387. The van der Waals surface area contributed by atoms with Gasteiger partial charge >= 0.3 is 5.97 Å². The minimum Gasteiger partial charge on any atom is -0.469 e. The van der Waals surface area contributed by atoms with Gasteiger partial charge in [0, 0.05) is 17.5 Å². The average Bonchev–Trinajstić information content (AvgIpc) is 2.18. The topological polar surface area (TPSA) is 59.4 Å². The Hall–Kier alpha value is -1.42. The van der Waals surface area contributed by atoms with E-state index in [1.165, 1.54) is 7.11 Å². The lowest BCUT2D eigenvalue weighted by atomic mass is 10.1. The van der Waals surface area contributed by atoms with E-state index in [2.05, 4.69) is 9.72 Å². The van der Waals surface area contributed by atoms with Crippen LogP contribution in [0.1, 0.15) is 23.8 Å². The Morgan fingerprint density at radius 2 is 2.43 bits per heavy atom. The molecule has 0 radical (unpaired) electrons. The van der Waals surface area contributed by atoms with Crippen LogP contribution in [-0.4, -0.2) is 23.2 Å². The zero-order valence-corrected chi connectivity index (χ0v) is 8.23. The summed E-state index contributed by atoms with van der Waals surface area (Å²) in [6, 6.07) is 3.47. The van der Waals surface area contributed by atoms with Crippen LogP contribution in [0.2, 0.25) is 0 Å². The number of methoxy groups -OCH3 is 1. The number of rotatable bonds is 3. The zero-order valence-electron chi connectivity index (χ0n) is 8.23. The van der Waals surface area contributed by atoms with Crippen LogP contribution in [-0.2, 0) is 9.53 Å². The first kappa shape index (κ1) is 10.7. The molecule has 1 heterocycles. The molecule has 4 nitrogen and oxygen atoms in total. The molecule has 4 heteroatoms. The van der Waals surface area contributed by atoms with Gasteiger partial charge in [0.2, 0.25) is 0 Å². The summed E-state index contributed by atoms with van der Waals surface area (Å²) in [5, 5.41) is 9.66. The summed E-state index contributed by atoms with van der Waals surface area (Å²) in [6.07, 6.45) is 0.767. The Morgan fingerprint density at radius 3 is 3.00 bits per heavy atom. The van der Waals surface area contributed by atoms with Gasteiger partial charge < -0.3 is 9.84 Å². The van der Waals surface area contributed by atoms with Gasteiger partial charge in [-0.3, -0.25) is 9.78 Å². The molecule has 76 valence electrons. The van der Waals surface area contributed by atoms with Gasteiger partial charge in [0.15, 0.2) is 0 Å². The van der Waals surface area contributed by atoms with Crippen molar-refractivity contribution in [1.29, 1.82) is 0 Å². The lowest BCUT2D eigenvalue weighted by Crippen LogP contribution is -2.09. The number of aliphatic hydroxyl groups is 1. The van der Waals surface area contributed by atoms with Crippen molar-refractivity contribution in [3.63, 3.8) is 0 Å². The highest BCUT2D eigenvalue weighted by atomic mass is 16.5. The molecule has 0 saturated heterocycles. The third-order valence-electron chi connectivity index (χ3n) is 1.99. The van der Waals surface area contributed by atoms with E-state index in [1.807, 2.05) is 0 Å².